The molecule has 0 saturated carbocycles. The minimum Gasteiger partial charge on any atom is -0.432 e. The number of hydrogen-bond donors (Lipinski definition) is 0. The van der Waals surface area contributed by atoms with Gasteiger partial charge in [0, 0.05) is 28.5 Å². The number of benzene rings is 3. The van der Waals surface area contributed by atoms with E-state index in [4.69, 9.17) is 4.74 Å². The molecular formula is C28H19NO5S. The van der Waals surface area contributed by atoms with E-state index in [-0.39, 0.29) is 11.0 Å². The Balaban J connectivity index is 1.34. The van der Waals surface area contributed by atoms with E-state index in [0.717, 1.165) is 50.1 Å². The molecule has 0 N–H and O–H groups in total. The fourth-order valence-electron chi connectivity index (χ4n) is 4.38. The minimum atomic E-state index is -0.450. The molecule has 0 radical (unpaired) electrons. The van der Waals surface area contributed by atoms with Gasteiger partial charge >= 0.3 is 5.97 Å². The molecule has 0 aromatic heterocycles. The van der Waals surface area contributed by atoms with Crippen LogP contribution in [-0.2, 0) is 14.3 Å². The Kier molecular flexibility index (Phi) is 5.70. The fourth-order valence-corrected chi connectivity index (χ4v) is 5.17. The van der Waals surface area contributed by atoms with Crippen molar-refractivity contribution in [2.24, 2.45) is 0 Å². The van der Waals surface area contributed by atoms with Crippen molar-refractivity contribution < 1.29 is 23.9 Å². The maximum absolute atomic E-state index is 12.9. The van der Waals surface area contributed by atoms with Crippen LogP contribution in [0.15, 0.2) is 90.6 Å². The Hall–Kier alpha value is -4.23. The number of amides is 2. The topological polar surface area (TPSA) is 80.8 Å². The molecule has 2 aliphatic rings. The van der Waals surface area contributed by atoms with Crippen LogP contribution in [0.2, 0.25) is 0 Å². The summed E-state index contributed by atoms with van der Waals surface area (Å²) in [4.78, 5) is 50.5. The number of thioether (sulfide) groups is 1. The number of imide groups is 1. The van der Waals surface area contributed by atoms with Gasteiger partial charge in [0.25, 0.3) is 11.8 Å². The van der Waals surface area contributed by atoms with Crippen LogP contribution < -0.4 is 4.90 Å². The maximum atomic E-state index is 12.9. The van der Waals surface area contributed by atoms with Crippen LogP contribution in [0, 0.1) is 0 Å². The molecule has 35 heavy (non-hydrogen) atoms. The van der Waals surface area contributed by atoms with Crippen molar-refractivity contribution in [1.29, 1.82) is 0 Å². The number of nitrogens with zero attached hydrogens (tertiary/aromatic N) is 1. The van der Waals surface area contributed by atoms with Crippen molar-refractivity contribution in [3.8, 4) is 11.1 Å². The van der Waals surface area contributed by atoms with Crippen LogP contribution in [0.3, 0.4) is 0 Å². The molecule has 1 aliphatic heterocycles. The Bertz CT molecular complexity index is 1440. The molecule has 0 spiro atoms. The summed E-state index contributed by atoms with van der Waals surface area (Å²) in [6.45, 7) is 5.49. The largest absolute Gasteiger partial charge is 0.432 e. The average Bonchev–Trinajstić information content (AvgIpc) is 3.34. The predicted molar refractivity (Wildman–Crippen MR) is 133 cm³/mol. The summed E-state index contributed by atoms with van der Waals surface area (Å²) in [5, 5.41) is -0.147. The number of rotatable bonds is 5. The van der Waals surface area contributed by atoms with Crippen molar-refractivity contribution in [3.63, 3.8) is 0 Å². The Morgan fingerprint density at radius 2 is 1.49 bits per heavy atom. The van der Waals surface area contributed by atoms with E-state index >= 15 is 0 Å². The first-order valence-corrected chi connectivity index (χ1v) is 11.7. The Labute approximate surface area is 205 Å². The molecule has 0 fully saturated rings. The second-order valence-electron chi connectivity index (χ2n) is 8.13. The molecule has 3 aromatic rings. The predicted octanol–water partition coefficient (Wildman–Crippen LogP) is 5.48. The number of carbonyl (C=O) groups excluding carboxylic acids is 4. The Morgan fingerprint density at radius 1 is 0.886 bits per heavy atom. The van der Waals surface area contributed by atoms with Crippen LogP contribution in [0.4, 0.5) is 5.69 Å². The minimum absolute atomic E-state index is 0.0514. The second kappa shape index (κ2) is 8.85. The van der Waals surface area contributed by atoms with E-state index in [0.29, 0.717) is 16.8 Å². The van der Waals surface area contributed by atoms with Crippen LogP contribution in [0.25, 0.3) is 11.1 Å². The molecule has 0 unspecified atom stereocenters. The first kappa shape index (κ1) is 22.6. The van der Waals surface area contributed by atoms with Crippen LogP contribution in [0.1, 0.15) is 44.7 Å². The van der Waals surface area contributed by atoms with Gasteiger partial charge in [0.1, 0.15) is 0 Å². The zero-order valence-electron chi connectivity index (χ0n) is 18.7. The van der Waals surface area contributed by atoms with Gasteiger partial charge in [-0.3, -0.25) is 14.4 Å². The van der Waals surface area contributed by atoms with Crippen molar-refractivity contribution in [3.05, 3.63) is 108 Å². The summed E-state index contributed by atoms with van der Waals surface area (Å²) in [5.41, 5.74) is 5.60. The highest BCUT2D eigenvalue weighted by atomic mass is 32.2. The number of hydrogen-bond acceptors (Lipinski definition) is 6. The number of carbonyl (C=O) groups is 4. The molecule has 7 heteroatoms. The van der Waals surface area contributed by atoms with Crippen LogP contribution in [0.5, 0.6) is 0 Å². The lowest BCUT2D eigenvalue weighted by Gasteiger charge is -2.14. The third-order valence-corrected chi connectivity index (χ3v) is 7.02. The third-order valence-electron chi connectivity index (χ3n) is 6.10. The van der Waals surface area contributed by atoms with Gasteiger partial charge in [-0.1, -0.05) is 25.6 Å². The highest BCUT2D eigenvalue weighted by molar-refractivity contribution is 8.14. The monoisotopic (exact) mass is 481 g/mol. The van der Waals surface area contributed by atoms with E-state index in [9.17, 15) is 19.2 Å². The van der Waals surface area contributed by atoms with Crippen LogP contribution in [-0.4, -0.2) is 22.9 Å². The van der Waals surface area contributed by atoms with Crippen LogP contribution >= 0.6 is 11.8 Å². The quantitative estimate of drug-likeness (QED) is 0.208. The van der Waals surface area contributed by atoms with Crippen molar-refractivity contribution in [2.75, 3.05) is 4.90 Å². The Morgan fingerprint density at radius 3 is 2.14 bits per heavy atom. The van der Waals surface area contributed by atoms with Gasteiger partial charge in [-0.2, -0.15) is 0 Å². The van der Waals surface area contributed by atoms with Gasteiger partial charge in [-0.25, -0.2) is 9.69 Å². The summed E-state index contributed by atoms with van der Waals surface area (Å²) in [7, 11) is 0. The SMILES string of the molecule is C=COC(=O)c1ccc2c(c1)[C@H](C)c1cc(SC(=O)c3ccc(N4C(=O)C=CC4=O)cc3)ccc1-2. The molecule has 2 amide bonds. The van der Waals surface area contributed by atoms with E-state index in [2.05, 4.69) is 13.5 Å². The molecule has 3 aromatic carbocycles. The van der Waals surface area contributed by atoms with Gasteiger partial charge in [0.15, 0.2) is 0 Å². The van der Waals surface area contributed by atoms with E-state index in [1.807, 2.05) is 30.3 Å². The summed E-state index contributed by atoms with van der Waals surface area (Å²) in [6, 6.07) is 17.8. The maximum Gasteiger partial charge on any atom is 0.342 e. The number of esters is 1. The summed E-state index contributed by atoms with van der Waals surface area (Å²) >= 11 is 1.11. The zero-order valence-corrected chi connectivity index (χ0v) is 19.5. The summed E-state index contributed by atoms with van der Waals surface area (Å²) < 4.78 is 4.90. The highest BCUT2D eigenvalue weighted by Gasteiger charge is 2.28. The second-order valence-corrected chi connectivity index (χ2v) is 9.17. The van der Waals surface area contributed by atoms with Gasteiger partial charge in [0.2, 0.25) is 5.12 Å². The molecule has 1 aliphatic carbocycles. The summed E-state index contributed by atoms with van der Waals surface area (Å²) in [6.07, 6.45) is 3.56. The fraction of sp³-hybridized carbons (Fsp3) is 0.0714. The molecule has 0 bridgehead atoms. The zero-order chi connectivity index (χ0) is 24.7. The lowest BCUT2D eigenvalue weighted by atomic mass is 9.98. The molecule has 1 atom stereocenters. The van der Waals surface area contributed by atoms with Crippen molar-refractivity contribution in [2.45, 2.75) is 17.7 Å². The van der Waals surface area contributed by atoms with Crippen molar-refractivity contribution >= 4 is 40.3 Å². The first-order chi connectivity index (χ1) is 16.9. The number of anilines is 1. The average molecular weight is 482 g/mol. The number of ether oxygens (including phenoxy) is 1. The molecule has 6 nitrogen and oxygen atoms in total. The molecule has 172 valence electrons. The highest BCUT2D eigenvalue weighted by Crippen LogP contribution is 2.46. The van der Waals surface area contributed by atoms with Gasteiger partial charge in [0.05, 0.1) is 17.5 Å². The normalized spacial score (nSPS) is 15.7. The van der Waals surface area contributed by atoms with E-state index in [1.54, 1.807) is 30.3 Å². The smallest absolute Gasteiger partial charge is 0.342 e. The van der Waals surface area contributed by atoms with Crippen molar-refractivity contribution in [1.82, 2.24) is 0 Å². The molecule has 5 rings (SSSR count). The number of fused-ring (bicyclic) bond motifs is 3. The lowest BCUT2D eigenvalue weighted by molar-refractivity contribution is -0.119. The van der Waals surface area contributed by atoms with Gasteiger partial charge in [-0.15, -0.1) is 0 Å². The third kappa shape index (κ3) is 4.00. The van der Waals surface area contributed by atoms with E-state index in [1.165, 1.54) is 12.2 Å². The molecule has 0 saturated heterocycles. The molecular weight excluding hydrogens is 462 g/mol. The van der Waals surface area contributed by atoms with E-state index < -0.39 is 17.8 Å². The lowest BCUT2D eigenvalue weighted by Crippen LogP contribution is -2.29. The van der Waals surface area contributed by atoms with Gasteiger partial charge in [-0.05, 0) is 82.5 Å². The van der Waals surface area contributed by atoms with Gasteiger partial charge < -0.3 is 4.74 Å². The standard InChI is InChI=1S/C28H19NO5S/c1-3-34-27(32)18-6-10-21-22-11-9-20(15-24(22)16(2)23(21)14-18)35-28(33)17-4-7-19(8-5-17)29-25(30)12-13-26(29)31/h3-16H,1H2,2H3/t16-/m0/s1. The first-order valence-electron chi connectivity index (χ1n) is 10.9. The molecule has 1 heterocycles. The summed E-state index contributed by atoms with van der Waals surface area (Å²) in [5.74, 6) is -1.20.